The Balaban J connectivity index is 2.10. The van der Waals surface area contributed by atoms with Crippen LogP contribution in [-0.2, 0) is 10.3 Å². The third-order valence-electron chi connectivity index (χ3n) is 4.78. The number of rotatable bonds is 4. The zero-order chi connectivity index (χ0) is 16.8. The minimum Gasteiger partial charge on any atom is -0.370 e. The molecule has 24 heavy (non-hydrogen) atoms. The Kier molecular flexibility index (Phi) is 5.10. The maximum atomic E-state index is 10.3. The van der Waals surface area contributed by atoms with Crippen LogP contribution in [0.5, 0.6) is 0 Å². The van der Waals surface area contributed by atoms with Crippen LogP contribution in [0.25, 0.3) is 6.08 Å². The maximum absolute atomic E-state index is 10.3. The van der Waals surface area contributed by atoms with Crippen LogP contribution in [0.3, 0.4) is 0 Å². The second-order valence-corrected chi connectivity index (χ2v) is 6.18. The molecule has 1 N–H and O–H groups in total. The molecule has 1 aliphatic rings. The first-order valence-electron chi connectivity index (χ1n) is 8.41. The molecule has 2 aromatic rings. The molecule has 3 nitrogen and oxygen atoms in total. The summed E-state index contributed by atoms with van der Waals surface area (Å²) in [6, 6.07) is 23.0. The number of nitrogens with zero attached hydrogens (tertiary/aromatic N) is 1. The molecular formula is C21H23N2O+. The van der Waals surface area contributed by atoms with Gasteiger partial charge in [0.2, 0.25) is 5.54 Å². The highest BCUT2D eigenvalue weighted by Gasteiger charge is 2.45. The van der Waals surface area contributed by atoms with Crippen LogP contribution in [-0.4, -0.2) is 26.3 Å². The van der Waals surface area contributed by atoms with E-state index in [1.165, 1.54) is 4.90 Å². The molecule has 1 heterocycles. The first-order chi connectivity index (χ1) is 11.8. The zero-order valence-electron chi connectivity index (χ0n) is 14.0. The van der Waals surface area contributed by atoms with Crippen molar-refractivity contribution < 1.29 is 9.64 Å². The van der Waals surface area contributed by atoms with E-state index in [0.29, 0.717) is 13.2 Å². The van der Waals surface area contributed by atoms with Crippen molar-refractivity contribution >= 4 is 6.08 Å². The van der Waals surface area contributed by atoms with Crippen molar-refractivity contribution in [2.24, 2.45) is 0 Å². The van der Waals surface area contributed by atoms with E-state index in [1.54, 1.807) is 0 Å². The van der Waals surface area contributed by atoms with Gasteiger partial charge in [-0.05, 0) is 18.6 Å². The van der Waals surface area contributed by atoms with Crippen molar-refractivity contribution in [3.63, 3.8) is 0 Å². The van der Waals surface area contributed by atoms with Crippen molar-refractivity contribution in [1.82, 2.24) is 0 Å². The zero-order valence-corrected chi connectivity index (χ0v) is 14.0. The quantitative estimate of drug-likeness (QED) is 0.940. The molecule has 3 heteroatoms. The van der Waals surface area contributed by atoms with Gasteiger partial charge in [-0.15, -0.1) is 0 Å². The lowest BCUT2D eigenvalue weighted by Gasteiger charge is -2.38. The van der Waals surface area contributed by atoms with Crippen molar-refractivity contribution in [2.75, 3.05) is 26.3 Å². The van der Waals surface area contributed by atoms with Crippen molar-refractivity contribution in [1.29, 1.82) is 5.26 Å². The van der Waals surface area contributed by atoms with Gasteiger partial charge in [0, 0.05) is 11.1 Å². The predicted octanol–water partition coefficient (Wildman–Crippen LogP) is 2.42. The number of morpholine rings is 1. The van der Waals surface area contributed by atoms with Gasteiger partial charge in [-0.25, -0.2) is 0 Å². The lowest BCUT2D eigenvalue weighted by molar-refractivity contribution is -0.952. The highest BCUT2D eigenvalue weighted by molar-refractivity contribution is 5.57. The standard InChI is InChI=1S/C21H22N2O/c1-18(16-19-8-4-2-5-9-19)21(17-22,20-10-6-3-7-11-20)23-12-14-24-15-13-23/h2-11,16H,12-15H2,1H3/p+1/b18-16-/t21-/m1/s1. The average Bonchev–Trinajstić information content (AvgIpc) is 2.65. The monoisotopic (exact) mass is 319 g/mol. The number of ether oxygens (including phenoxy) is 1. The van der Waals surface area contributed by atoms with Gasteiger partial charge in [0.05, 0.1) is 13.2 Å². The number of nitriles is 1. The fourth-order valence-corrected chi connectivity index (χ4v) is 3.53. The molecule has 3 rings (SSSR count). The fourth-order valence-electron chi connectivity index (χ4n) is 3.53. The van der Waals surface area contributed by atoms with Gasteiger partial charge in [0.15, 0.2) is 0 Å². The second kappa shape index (κ2) is 7.44. The van der Waals surface area contributed by atoms with Gasteiger partial charge >= 0.3 is 0 Å². The largest absolute Gasteiger partial charge is 0.370 e. The van der Waals surface area contributed by atoms with Crippen LogP contribution in [0, 0.1) is 11.3 Å². The highest BCUT2D eigenvalue weighted by Crippen LogP contribution is 2.27. The topological polar surface area (TPSA) is 37.5 Å². The van der Waals surface area contributed by atoms with E-state index in [0.717, 1.165) is 29.8 Å². The van der Waals surface area contributed by atoms with Gasteiger partial charge in [0.1, 0.15) is 19.2 Å². The van der Waals surface area contributed by atoms with Gasteiger partial charge in [0.25, 0.3) is 0 Å². The number of hydrogen-bond acceptors (Lipinski definition) is 2. The number of hydrogen-bond donors (Lipinski definition) is 1. The fraction of sp³-hybridized carbons (Fsp3) is 0.286. The first-order valence-corrected chi connectivity index (χ1v) is 8.41. The van der Waals surface area contributed by atoms with Crippen LogP contribution in [0.15, 0.2) is 66.2 Å². The first kappa shape index (κ1) is 16.4. The normalized spacial score (nSPS) is 18.6. The molecule has 0 aromatic heterocycles. The summed E-state index contributed by atoms with van der Waals surface area (Å²) in [5.74, 6) is 0. The molecule has 0 amide bonds. The third-order valence-corrected chi connectivity index (χ3v) is 4.78. The van der Waals surface area contributed by atoms with E-state index >= 15 is 0 Å². The molecule has 1 saturated heterocycles. The van der Waals surface area contributed by atoms with E-state index in [1.807, 2.05) is 36.4 Å². The lowest BCUT2D eigenvalue weighted by atomic mass is 9.81. The third kappa shape index (κ3) is 3.12. The molecule has 1 fully saturated rings. The maximum Gasteiger partial charge on any atom is 0.232 e. The van der Waals surface area contributed by atoms with E-state index < -0.39 is 5.54 Å². The summed E-state index contributed by atoms with van der Waals surface area (Å²) in [5.41, 5.74) is 2.56. The van der Waals surface area contributed by atoms with Gasteiger partial charge in [-0.1, -0.05) is 60.7 Å². The van der Waals surface area contributed by atoms with E-state index in [2.05, 4.69) is 43.3 Å². The molecule has 0 saturated carbocycles. The van der Waals surface area contributed by atoms with Gasteiger partial charge in [-0.3, -0.25) is 0 Å². The molecular weight excluding hydrogens is 296 g/mol. The van der Waals surface area contributed by atoms with Crippen LogP contribution in [0.1, 0.15) is 18.1 Å². The molecule has 2 aromatic carbocycles. The van der Waals surface area contributed by atoms with Crippen molar-refractivity contribution in [3.8, 4) is 6.07 Å². The smallest absolute Gasteiger partial charge is 0.232 e. The van der Waals surface area contributed by atoms with Crippen LogP contribution in [0.4, 0.5) is 0 Å². The van der Waals surface area contributed by atoms with Crippen LogP contribution in [0.2, 0.25) is 0 Å². The summed E-state index contributed by atoms with van der Waals surface area (Å²) in [6.07, 6.45) is 2.14. The minimum absolute atomic E-state index is 0.680. The van der Waals surface area contributed by atoms with E-state index in [-0.39, 0.29) is 0 Å². The molecule has 0 unspecified atom stereocenters. The van der Waals surface area contributed by atoms with Crippen LogP contribution >= 0.6 is 0 Å². The van der Waals surface area contributed by atoms with Crippen LogP contribution < -0.4 is 4.90 Å². The molecule has 0 spiro atoms. The molecule has 122 valence electrons. The summed E-state index contributed by atoms with van der Waals surface area (Å²) in [5, 5.41) is 10.3. The Hall–Kier alpha value is -2.41. The molecule has 1 aliphatic heterocycles. The Labute approximate surface area is 143 Å². The summed E-state index contributed by atoms with van der Waals surface area (Å²) < 4.78 is 5.52. The lowest BCUT2D eigenvalue weighted by Crippen LogP contribution is -3.20. The van der Waals surface area contributed by atoms with Gasteiger partial charge in [-0.2, -0.15) is 5.26 Å². The summed E-state index contributed by atoms with van der Waals surface area (Å²) in [4.78, 5) is 1.26. The van der Waals surface area contributed by atoms with E-state index in [4.69, 9.17) is 4.74 Å². The van der Waals surface area contributed by atoms with Crippen molar-refractivity contribution in [2.45, 2.75) is 12.5 Å². The minimum atomic E-state index is -0.680. The molecule has 0 radical (unpaired) electrons. The summed E-state index contributed by atoms with van der Waals surface area (Å²) >= 11 is 0. The van der Waals surface area contributed by atoms with Gasteiger partial charge < -0.3 is 9.64 Å². The summed E-state index contributed by atoms with van der Waals surface area (Å²) in [7, 11) is 0. The number of benzene rings is 2. The highest BCUT2D eigenvalue weighted by atomic mass is 16.5. The predicted molar refractivity (Wildman–Crippen MR) is 95.3 cm³/mol. The van der Waals surface area contributed by atoms with E-state index in [9.17, 15) is 5.26 Å². The average molecular weight is 319 g/mol. The number of nitrogens with one attached hydrogen (secondary N) is 1. The molecule has 0 bridgehead atoms. The Morgan fingerprint density at radius 2 is 1.62 bits per heavy atom. The number of quaternary nitrogens is 1. The Morgan fingerprint density at radius 1 is 1.04 bits per heavy atom. The summed E-state index contributed by atoms with van der Waals surface area (Å²) in [6.45, 7) is 5.14. The Morgan fingerprint density at radius 3 is 2.21 bits per heavy atom. The SMILES string of the molecule is C/C(=C/c1ccccc1)[C@](C#N)(c1ccccc1)[NH+]1CCOCC1. The Bertz CT molecular complexity index is 727. The second-order valence-electron chi connectivity index (χ2n) is 6.18. The van der Waals surface area contributed by atoms with Crippen molar-refractivity contribution in [3.05, 3.63) is 77.4 Å². The molecule has 0 aliphatic carbocycles. The molecule has 1 atom stereocenters.